The molecule has 2 saturated heterocycles. The Bertz CT molecular complexity index is 1050. The molecule has 0 amide bonds. The Kier molecular flexibility index (Phi) is 5.99. The highest BCUT2D eigenvalue weighted by molar-refractivity contribution is 6.31. The normalized spacial score (nSPS) is 21.3. The van der Waals surface area contributed by atoms with Crippen molar-refractivity contribution in [1.29, 1.82) is 0 Å². The van der Waals surface area contributed by atoms with Crippen molar-refractivity contribution in [3.63, 3.8) is 0 Å². The zero-order chi connectivity index (χ0) is 21.4. The van der Waals surface area contributed by atoms with Crippen molar-refractivity contribution in [2.75, 3.05) is 39.3 Å². The third-order valence-electron chi connectivity index (χ3n) is 6.70. The zero-order valence-corrected chi connectivity index (χ0v) is 18.2. The van der Waals surface area contributed by atoms with Crippen LogP contribution in [-0.2, 0) is 0 Å². The Morgan fingerprint density at radius 2 is 1.81 bits per heavy atom. The minimum atomic E-state index is -0.500. The quantitative estimate of drug-likeness (QED) is 0.631. The molecule has 5 rings (SSSR count). The fourth-order valence-corrected chi connectivity index (χ4v) is 5.10. The zero-order valence-electron chi connectivity index (χ0n) is 17.5. The number of nitrogens with one attached hydrogen (secondary N) is 1. The first kappa shape index (κ1) is 20.9. The van der Waals surface area contributed by atoms with Gasteiger partial charge in [-0.25, -0.2) is 4.39 Å². The average Bonchev–Trinajstić information content (AvgIpc) is 3.36. The molecule has 31 heavy (non-hydrogen) atoms. The van der Waals surface area contributed by atoms with Crippen LogP contribution in [0.1, 0.15) is 24.3 Å². The highest BCUT2D eigenvalue weighted by Crippen LogP contribution is 2.37. The molecule has 2 N–H and O–H groups in total. The van der Waals surface area contributed by atoms with Crippen molar-refractivity contribution in [3.8, 4) is 5.69 Å². The molecule has 2 aromatic carbocycles. The Morgan fingerprint density at radius 1 is 1.03 bits per heavy atom. The molecular weight excluding hydrogens is 415 g/mol. The molecule has 0 saturated carbocycles. The predicted molar refractivity (Wildman–Crippen MR) is 122 cm³/mol. The summed E-state index contributed by atoms with van der Waals surface area (Å²) in [5.41, 5.74) is 3.37. The third kappa shape index (κ3) is 4.36. The molecule has 164 valence electrons. The van der Waals surface area contributed by atoms with Gasteiger partial charge in [-0.15, -0.1) is 0 Å². The molecule has 1 unspecified atom stereocenters. The maximum absolute atomic E-state index is 13.4. The van der Waals surface area contributed by atoms with Crippen LogP contribution >= 0.6 is 11.6 Å². The standard InChI is InChI=1S/C24H28ClFN4O/c25-18-1-6-23-21(15-18)22(16-30(23)20-4-2-19(26)3-5-20)17-7-10-28(11-8-17)13-14-29-12-9-27-24(29)31/h1-6,15-17,24,27,31H,7-14H2. The molecule has 3 heterocycles. The summed E-state index contributed by atoms with van der Waals surface area (Å²) in [5, 5.41) is 14.9. The Balaban J connectivity index is 1.33. The molecule has 2 aliphatic rings. The van der Waals surface area contributed by atoms with Crippen molar-refractivity contribution in [2.24, 2.45) is 0 Å². The number of aromatic nitrogens is 1. The van der Waals surface area contributed by atoms with Crippen molar-refractivity contribution in [3.05, 3.63) is 65.1 Å². The minimum absolute atomic E-state index is 0.229. The fraction of sp³-hybridized carbons (Fsp3) is 0.417. The maximum atomic E-state index is 13.4. The Labute approximate surface area is 187 Å². The summed E-state index contributed by atoms with van der Waals surface area (Å²) in [6, 6.07) is 12.7. The summed E-state index contributed by atoms with van der Waals surface area (Å²) in [5.74, 6) is 0.242. The van der Waals surface area contributed by atoms with Crippen molar-refractivity contribution in [1.82, 2.24) is 19.7 Å². The molecule has 5 nitrogen and oxygen atoms in total. The number of rotatable bonds is 5. The van der Waals surface area contributed by atoms with E-state index in [0.29, 0.717) is 5.92 Å². The topological polar surface area (TPSA) is 43.7 Å². The molecule has 1 aromatic heterocycles. The number of hydrogen-bond donors (Lipinski definition) is 2. The highest BCUT2D eigenvalue weighted by Gasteiger charge is 2.26. The second kappa shape index (κ2) is 8.88. The van der Waals surface area contributed by atoms with Crippen molar-refractivity contribution >= 4 is 22.5 Å². The number of aliphatic hydroxyl groups is 1. The number of hydrogen-bond acceptors (Lipinski definition) is 4. The molecule has 0 spiro atoms. The van der Waals surface area contributed by atoms with E-state index in [0.717, 1.165) is 68.3 Å². The van der Waals surface area contributed by atoms with Crippen LogP contribution in [0.5, 0.6) is 0 Å². The van der Waals surface area contributed by atoms with Crippen molar-refractivity contribution < 1.29 is 9.50 Å². The van der Waals surface area contributed by atoms with Crippen LogP contribution < -0.4 is 5.32 Å². The van der Waals surface area contributed by atoms with Gasteiger partial charge in [-0.2, -0.15) is 0 Å². The lowest BCUT2D eigenvalue weighted by Crippen LogP contribution is -2.42. The van der Waals surface area contributed by atoms with Crippen LogP contribution in [0.4, 0.5) is 4.39 Å². The monoisotopic (exact) mass is 442 g/mol. The molecule has 0 bridgehead atoms. The summed E-state index contributed by atoms with van der Waals surface area (Å²) in [7, 11) is 0. The number of aliphatic hydroxyl groups excluding tert-OH is 1. The molecule has 2 fully saturated rings. The average molecular weight is 443 g/mol. The second-order valence-electron chi connectivity index (χ2n) is 8.57. The van der Waals surface area contributed by atoms with Crippen LogP contribution in [0.2, 0.25) is 5.02 Å². The maximum Gasteiger partial charge on any atom is 0.163 e. The summed E-state index contributed by atoms with van der Waals surface area (Å²) in [4.78, 5) is 4.58. The molecule has 2 aliphatic heterocycles. The van der Waals surface area contributed by atoms with Gasteiger partial charge in [0, 0.05) is 48.5 Å². The van der Waals surface area contributed by atoms with E-state index in [-0.39, 0.29) is 5.82 Å². The van der Waals surface area contributed by atoms with Crippen LogP contribution in [0.25, 0.3) is 16.6 Å². The van der Waals surface area contributed by atoms with Gasteiger partial charge >= 0.3 is 0 Å². The molecule has 3 aromatic rings. The van der Waals surface area contributed by atoms with Gasteiger partial charge < -0.3 is 14.6 Å². The number of fused-ring (bicyclic) bond motifs is 1. The lowest BCUT2D eigenvalue weighted by molar-refractivity contribution is 0.0152. The summed E-state index contributed by atoms with van der Waals surface area (Å²) in [6.45, 7) is 5.72. The molecular formula is C24H28ClFN4O. The largest absolute Gasteiger partial charge is 0.365 e. The highest BCUT2D eigenvalue weighted by atomic mass is 35.5. The van der Waals surface area contributed by atoms with E-state index in [2.05, 4.69) is 38.0 Å². The third-order valence-corrected chi connectivity index (χ3v) is 6.94. The number of nitrogens with zero attached hydrogens (tertiary/aromatic N) is 3. The van der Waals surface area contributed by atoms with Crippen LogP contribution in [0, 0.1) is 5.82 Å². The minimum Gasteiger partial charge on any atom is -0.365 e. The van der Waals surface area contributed by atoms with Gasteiger partial charge in [0.15, 0.2) is 6.35 Å². The van der Waals surface area contributed by atoms with Gasteiger partial charge in [0.05, 0.1) is 5.52 Å². The van der Waals surface area contributed by atoms with E-state index in [1.54, 1.807) is 0 Å². The van der Waals surface area contributed by atoms with Gasteiger partial charge in [0.1, 0.15) is 5.82 Å². The SMILES string of the molecule is OC1NCCN1CCN1CCC(c2cn(-c3ccc(F)cc3)c3ccc(Cl)cc23)CC1. The summed E-state index contributed by atoms with van der Waals surface area (Å²) < 4.78 is 15.6. The molecule has 1 atom stereocenters. The summed E-state index contributed by atoms with van der Waals surface area (Å²) in [6.07, 6.45) is 3.90. The first-order valence-corrected chi connectivity index (χ1v) is 11.4. The van der Waals surface area contributed by atoms with Crippen LogP contribution in [0.15, 0.2) is 48.7 Å². The van der Waals surface area contributed by atoms with Gasteiger partial charge in [-0.05, 0) is 79.9 Å². The smallest absolute Gasteiger partial charge is 0.163 e. The second-order valence-corrected chi connectivity index (χ2v) is 9.01. The van der Waals surface area contributed by atoms with E-state index in [4.69, 9.17) is 11.6 Å². The van der Waals surface area contributed by atoms with E-state index in [1.807, 2.05) is 18.2 Å². The van der Waals surface area contributed by atoms with E-state index in [9.17, 15) is 9.50 Å². The lowest BCUT2D eigenvalue weighted by atomic mass is 9.89. The van der Waals surface area contributed by atoms with Gasteiger partial charge in [0.25, 0.3) is 0 Å². The molecule has 0 radical (unpaired) electrons. The number of benzene rings is 2. The first-order chi connectivity index (χ1) is 15.1. The number of piperidine rings is 1. The van der Waals surface area contributed by atoms with E-state index in [1.165, 1.54) is 23.1 Å². The first-order valence-electron chi connectivity index (χ1n) is 11.0. The van der Waals surface area contributed by atoms with Gasteiger partial charge in [0.2, 0.25) is 0 Å². The van der Waals surface area contributed by atoms with Gasteiger partial charge in [-0.3, -0.25) is 10.2 Å². The fourth-order valence-electron chi connectivity index (χ4n) is 4.93. The number of halogens is 2. The van der Waals surface area contributed by atoms with Crippen molar-refractivity contribution in [2.45, 2.75) is 25.1 Å². The van der Waals surface area contributed by atoms with E-state index < -0.39 is 6.35 Å². The molecule has 0 aliphatic carbocycles. The van der Waals surface area contributed by atoms with Gasteiger partial charge in [-0.1, -0.05) is 11.6 Å². The molecule has 7 heteroatoms. The Morgan fingerprint density at radius 3 is 2.52 bits per heavy atom. The predicted octanol–water partition coefficient (Wildman–Crippen LogP) is 3.78. The van der Waals surface area contributed by atoms with Crippen LogP contribution in [0.3, 0.4) is 0 Å². The van der Waals surface area contributed by atoms with Crippen LogP contribution in [-0.4, -0.2) is 65.1 Å². The van der Waals surface area contributed by atoms with E-state index >= 15 is 0 Å². The summed E-state index contributed by atoms with van der Waals surface area (Å²) >= 11 is 6.35. The number of likely N-dealkylation sites (tertiary alicyclic amines) is 1. The Hall–Kier alpha value is -1.96. The lowest BCUT2D eigenvalue weighted by Gasteiger charge is -2.33.